The minimum absolute atomic E-state index is 0.136. The zero-order chi connectivity index (χ0) is 17.1. The van der Waals surface area contributed by atoms with E-state index in [1.807, 2.05) is 0 Å². The molecule has 3 aliphatic carbocycles. The van der Waals surface area contributed by atoms with E-state index in [-0.39, 0.29) is 17.4 Å². The van der Waals surface area contributed by atoms with Gasteiger partial charge < -0.3 is 5.32 Å². The van der Waals surface area contributed by atoms with E-state index in [9.17, 15) is 4.79 Å². The molecule has 0 saturated heterocycles. The molecule has 1 atom stereocenters. The van der Waals surface area contributed by atoms with Crippen molar-refractivity contribution in [3.8, 4) is 0 Å². The third-order valence-electron chi connectivity index (χ3n) is 5.64. The van der Waals surface area contributed by atoms with Gasteiger partial charge in [-0.25, -0.2) is 0 Å². The molecule has 0 saturated carbocycles. The zero-order valence-corrected chi connectivity index (χ0v) is 14.9. The average molecular weight is 319 g/mol. The normalized spacial score (nSPS) is 27.3. The third-order valence-corrected chi connectivity index (χ3v) is 5.64. The summed E-state index contributed by atoms with van der Waals surface area (Å²) in [5.74, 6) is 0.629. The molecule has 0 heterocycles. The number of hydrogen-bond donors (Lipinski definition) is 1. The molecule has 5 rings (SSSR count). The SMILES string of the molecule is CC(C)(C)NC(=O)[C@]1(C)CC2c3ccccc3C1c1ccccc12. The Balaban J connectivity index is 1.88. The molecule has 0 aromatic heterocycles. The van der Waals surface area contributed by atoms with Crippen LogP contribution in [-0.2, 0) is 4.79 Å². The topological polar surface area (TPSA) is 29.1 Å². The standard InChI is InChI=1S/C22H25NO/c1-21(2,3)23-20(24)22(4)13-18-14-9-5-7-11-16(14)19(22)17-12-8-6-10-15(17)18/h5-12,18-19H,13H2,1-4H3,(H,23,24)/t18?,19?,22-/m1/s1. The van der Waals surface area contributed by atoms with Crippen molar-refractivity contribution in [2.75, 3.05) is 0 Å². The molecule has 2 aromatic carbocycles. The lowest BCUT2D eigenvalue weighted by molar-refractivity contribution is -0.133. The number of carbonyl (C=O) groups is 1. The molecule has 1 N–H and O–H groups in total. The molecule has 0 spiro atoms. The fraction of sp³-hybridized carbons (Fsp3) is 0.409. The van der Waals surface area contributed by atoms with Crippen LogP contribution in [0.25, 0.3) is 0 Å². The van der Waals surface area contributed by atoms with Crippen LogP contribution in [0.3, 0.4) is 0 Å². The van der Waals surface area contributed by atoms with E-state index in [1.165, 1.54) is 22.3 Å². The molecule has 1 amide bonds. The van der Waals surface area contributed by atoms with Gasteiger partial charge in [0.1, 0.15) is 0 Å². The highest BCUT2D eigenvalue weighted by molar-refractivity contribution is 5.86. The number of fused-ring (bicyclic) bond motifs is 1. The summed E-state index contributed by atoms with van der Waals surface area (Å²) in [6.07, 6.45) is 0.883. The quantitative estimate of drug-likeness (QED) is 0.818. The summed E-state index contributed by atoms with van der Waals surface area (Å²) < 4.78 is 0. The second-order valence-corrected chi connectivity index (χ2v) is 8.57. The number of nitrogens with one attached hydrogen (secondary N) is 1. The molecule has 0 fully saturated rings. The lowest BCUT2D eigenvalue weighted by atomic mass is 9.52. The van der Waals surface area contributed by atoms with Gasteiger partial charge in [0.25, 0.3) is 0 Å². The second kappa shape index (κ2) is 4.95. The first-order valence-corrected chi connectivity index (χ1v) is 8.81. The Morgan fingerprint density at radius 3 is 1.88 bits per heavy atom. The van der Waals surface area contributed by atoms with Crippen molar-refractivity contribution in [3.63, 3.8) is 0 Å². The van der Waals surface area contributed by atoms with E-state index >= 15 is 0 Å². The van der Waals surface area contributed by atoms with Gasteiger partial charge in [-0.3, -0.25) is 4.79 Å². The highest BCUT2D eigenvalue weighted by Crippen LogP contribution is 2.60. The van der Waals surface area contributed by atoms with E-state index in [0.29, 0.717) is 5.92 Å². The van der Waals surface area contributed by atoms with Gasteiger partial charge in [-0.2, -0.15) is 0 Å². The molecule has 3 aliphatic rings. The third kappa shape index (κ3) is 2.12. The number of hydrogen-bond acceptors (Lipinski definition) is 1. The van der Waals surface area contributed by atoms with Crippen molar-refractivity contribution in [1.29, 1.82) is 0 Å². The predicted octanol–water partition coefficient (Wildman–Crippen LogP) is 4.59. The van der Waals surface area contributed by atoms with E-state index < -0.39 is 5.41 Å². The highest BCUT2D eigenvalue weighted by atomic mass is 16.2. The van der Waals surface area contributed by atoms with Crippen LogP contribution < -0.4 is 5.32 Å². The number of rotatable bonds is 1. The Hall–Kier alpha value is -2.09. The molecule has 124 valence electrons. The molecular weight excluding hydrogens is 294 g/mol. The van der Waals surface area contributed by atoms with Crippen LogP contribution in [0.5, 0.6) is 0 Å². The van der Waals surface area contributed by atoms with Crippen molar-refractivity contribution in [3.05, 3.63) is 70.8 Å². The summed E-state index contributed by atoms with van der Waals surface area (Å²) in [7, 11) is 0. The van der Waals surface area contributed by atoms with E-state index in [1.54, 1.807) is 0 Å². The fourth-order valence-electron chi connectivity index (χ4n) is 4.67. The molecule has 2 aromatic rings. The Bertz CT molecular complexity index is 769. The Morgan fingerprint density at radius 1 is 0.958 bits per heavy atom. The van der Waals surface area contributed by atoms with Crippen LogP contribution in [0, 0.1) is 5.41 Å². The first-order valence-electron chi connectivity index (χ1n) is 8.81. The van der Waals surface area contributed by atoms with Gasteiger partial charge in [0, 0.05) is 17.4 Å². The van der Waals surface area contributed by atoms with Crippen molar-refractivity contribution in [2.45, 2.75) is 51.5 Å². The number of benzene rings is 2. The summed E-state index contributed by atoms with van der Waals surface area (Å²) in [4.78, 5) is 13.2. The fourth-order valence-corrected chi connectivity index (χ4v) is 4.67. The molecule has 2 heteroatoms. The predicted molar refractivity (Wildman–Crippen MR) is 97.2 cm³/mol. The summed E-state index contributed by atoms with van der Waals surface area (Å²) >= 11 is 0. The van der Waals surface area contributed by atoms with Crippen LogP contribution in [-0.4, -0.2) is 11.4 Å². The molecule has 0 aliphatic heterocycles. The monoisotopic (exact) mass is 319 g/mol. The average Bonchev–Trinajstić information content (AvgIpc) is 2.53. The minimum Gasteiger partial charge on any atom is -0.351 e. The summed E-state index contributed by atoms with van der Waals surface area (Å²) in [6.45, 7) is 8.31. The van der Waals surface area contributed by atoms with Gasteiger partial charge in [-0.15, -0.1) is 0 Å². The summed E-state index contributed by atoms with van der Waals surface area (Å²) in [5.41, 5.74) is 4.86. The molecule has 24 heavy (non-hydrogen) atoms. The zero-order valence-electron chi connectivity index (χ0n) is 14.9. The summed E-state index contributed by atoms with van der Waals surface area (Å²) in [5, 5.41) is 3.24. The Morgan fingerprint density at radius 2 is 1.42 bits per heavy atom. The lowest BCUT2D eigenvalue weighted by Crippen LogP contribution is -2.53. The van der Waals surface area contributed by atoms with Crippen LogP contribution in [0.1, 0.15) is 68.2 Å². The van der Waals surface area contributed by atoms with E-state index in [0.717, 1.165) is 6.42 Å². The van der Waals surface area contributed by atoms with Gasteiger partial charge in [0.2, 0.25) is 5.91 Å². The Labute approximate surface area is 144 Å². The molecule has 2 nitrogen and oxygen atoms in total. The summed E-state index contributed by atoms with van der Waals surface area (Å²) in [6, 6.07) is 17.3. The van der Waals surface area contributed by atoms with Crippen LogP contribution >= 0.6 is 0 Å². The minimum atomic E-state index is -0.402. The van der Waals surface area contributed by atoms with Crippen LogP contribution in [0.15, 0.2) is 48.5 Å². The number of carbonyl (C=O) groups excluding carboxylic acids is 1. The van der Waals surface area contributed by atoms with Gasteiger partial charge in [-0.1, -0.05) is 48.5 Å². The largest absolute Gasteiger partial charge is 0.351 e. The van der Waals surface area contributed by atoms with E-state index in [4.69, 9.17) is 0 Å². The molecular formula is C22H25NO. The first kappa shape index (κ1) is 15.4. The maximum atomic E-state index is 13.2. The second-order valence-electron chi connectivity index (χ2n) is 8.57. The van der Waals surface area contributed by atoms with Gasteiger partial charge in [-0.05, 0) is 56.4 Å². The van der Waals surface area contributed by atoms with Crippen molar-refractivity contribution >= 4 is 5.91 Å². The van der Waals surface area contributed by atoms with E-state index in [2.05, 4.69) is 81.5 Å². The molecule has 2 bridgehead atoms. The maximum Gasteiger partial charge on any atom is 0.227 e. The van der Waals surface area contributed by atoms with Gasteiger partial charge in [0.15, 0.2) is 0 Å². The highest BCUT2D eigenvalue weighted by Gasteiger charge is 2.54. The van der Waals surface area contributed by atoms with Crippen LogP contribution in [0.4, 0.5) is 0 Å². The van der Waals surface area contributed by atoms with Crippen molar-refractivity contribution in [2.24, 2.45) is 5.41 Å². The molecule has 0 unspecified atom stereocenters. The molecule has 0 radical (unpaired) electrons. The van der Waals surface area contributed by atoms with Gasteiger partial charge in [0.05, 0.1) is 5.41 Å². The lowest BCUT2D eigenvalue weighted by Gasteiger charge is -2.51. The maximum absolute atomic E-state index is 13.2. The Kier molecular flexibility index (Phi) is 3.19. The smallest absolute Gasteiger partial charge is 0.227 e. The number of amides is 1. The van der Waals surface area contributed by atoms with Gasteiger partial charge >= 0.3 is 0 Å². The van der Waals surface area contributed by atoms with Crippen LogP contribution in [0.2, 0.25) is 0 Å². The van der Waals surface area contributed by atoms with Crippen molar-refractivity contribution < 1.29 is 4.79 Å². The van der Waals surface area contributed by atoms with Crippen molar-refractivity contribution in [1.82, 2.24) is 5.32 Å². The first-order chi connectivity index (χ1) is 11.3.